The van der Waals surface area contributed by atoms with E-state index in [-0.39, 0.29) is 58.5 Å². The summed E-state index contributed by atoms with van der Waals surface area (Å²) in [5, 5.41) is 3.43. The average Bonchev–Trinajstić information content (AvgIpc) is 3.59. The van der Waals surface area contributed by atoms with Crippen LogP contribution in [0.25, 0.3) is 0 Å². The van der Waals surface area contributed by atoms with Gasteiger partial charge in [0.1, 0.15) is 6.04 Å². The first-order valence-corrected chi connectivity index (χ1v) is 22.9. The molecular weight excluding hydrogens is 799 g/mol. The lowest BCUT2D eigenvalue weighted by Gasteiger charge is -2.70. The summed E-state index contributed by atoms with van der Waals surface area (Å²) in [6.45, 7) is 16.2. The third-order valence-electron chi connectivity index (χ3n) is 17.8. The molecule has 0 amide bonds. The highest BCUT2D eigenvalue weighted by Crippen LogP contribution is 2.75. The summed E-state index contributed by atoms with van der Waals surface area (Å²) in [4.78, 5) is 69.3. The predicted molar refractivity (Wildman–Crippen MR) is 235 cm³/mol. The predicted octanol–water partition coefficient (Wildman–Crippen LogP) is 9.40. The second-order valence-electron chi connectivity index (χ2n) is 21.2. The van der Waals surface area contributed by atoms with Crippen molar-refractivity contribution < 1.29 is 42.2 Å². The smallest absolute Gasteiger partial charge is 0.468 e. The van der Waals surface area contributed by atoms with Gasteiger partial charge in [0.2, 0.25) is 0 Å². The molecule has 1 N–H and O–H groups in total. The minimum Gasteiger partial charge on any atom is -0.468 e. The molecule has 0 aliphatic heterocycles. The van der Waals surface area contributed by atoms with Crippen LogP contribution in [0.2, 0.25) is 0 Å². The van der Waals surface area contributed by atoms with Crippen molar-refractivity contribution in [1.82, 2.24) is 5.32 Å². The lowest BCUT2D eigenvalue weighted by molar-refractivity contribution is -0.206. The summed E-state index contributed by atoms with van der Waals surface area (Å²) in [6, 6.07) is 18.6. The van der Waals surface area contributed by atoms with E-state index in [4.69, 9.17) is 23.0 Å². The van der Waals surface area contributed by atoms with Crippen molar-refractivity contribution in [3.8, 4) is 0 Å². The van der Waals surface area contributed by atoms with Crippen LogP contribution >= 0.6 is 0 Å². The molecule has 5 aliphatic carbocycles. The zero-order valence-corrected chi connectivity index (χ0v) is 38.5. The maximum absolute atomic E-state index is 15.3. The first kappa shape index (κ1) is 44.8. The molecule has 63 heavy (non-hydrogen) atoms. The fourth-order valence-corrected chi connectivity index (χ4v) is 13.8. The summed E-state index contributed by atoms with van der Waals surface area (Å²) in [5.74, 6) is -2.23. The molecule has 11 heteroatoms. The van der Waals surface area contributed by atoms with Crippen molar-refractivity contribution in [1.29, 1.82) is 0 Å². The van der Waals surface area contributed by atoms with Crippen LogP contribution in [0.15, 0.2) is 85.9 Å². The first-order valence-electron chi connectivity index (χ1n) is 22.9. The highest BCUT2D eigenvalue weighted by atomic mass is 16.6. The number of hydrogen-bond donors (Lipinski definition) is 1. The minimum atomic E-state index is -1.17. The van der Waals surface area contributed by atoms with E-state index in [9.17, 15) is 19.2 Å². The minimum absolute atomic E-state index is 0.00752. The molecule has 338 valence electrons. The van der Waals surface area contributed by atoms with Gasteiger partial charge in [0, 0.05) is 12.0 Å². The monoisotopic (exact) mass is 863 g/mol. The number of esters is 3. The lowest BCUT2D eigenvalue weighted by atomic mass is 9.33. The molecule has 0 saturated heterocycles. The summed E-state index contributed by atoms with van der Waals surface area (Å²) >= 11 is 0. The van der Waals surface area contributed by atoms with Crippen molar-refractivity contribution in [2.75, 3.05) is 7.11 Å². The highest BCUT2D eigenvalue weighted by Gasteiger charge is 2.72. The van der Waals surface area contributed by atoms with E-state index in [1.54, 1.807) is 13.8 Å². The maximum atomic E-state index is 15.3. The Balaban J connectivity index is 1.12. The van der Waals surface area contributed by atoms with Crippen LogP contribution in [-0.2, 0) is 40.0 Å². The number of rotatable bonds is 10. The number of ketones is 1. The van der Waals surface area contributed by atoms with Gasteiger partial charge in [0.05, 0.1) is 17.9 Å². The number of ether oxygens (including phenoxy) is 3. The van der Waals surface area contributed by atoms with Crippen LogP contribution in [0.5, 0.6) is 0 Å². The van der Waals surface area contributed by atoms with Crippen LogP contribution in [-0.4, -0.2) is 42.9 Å². The molecule has 2 aromatic carbocycles. The van der Waals surface area contributed by atoms with Crippen molar-refractivity contribution in [3.05, 3.63) is 106 Å². The number of carbonyl (C=O) groups is 4. The number of hydrogen-bond acceptors (Lipinski definition) is 11. The Morgan fingerprint density at radius 3 is 2.05 bits per heavy atom. The van der Waals surface area contributed by atoms with Gasteiger partial charge in [-0.25, -0.2) is 4.79 Å². The Hall–Kier alpha value is -4.77. The molecule has 0 radical (unpaired) electrons. The van der Waals surface area contributed by atoms with Gasteiger partial charge in [-0.2, -0.15) is 0 Å². The molecule has 5 aliphatic rings. The van der Waals surface area contributed by atoms with Crippen LogP contribution in [0, 0.1) is 57.2 Å². The molecule has 4 fully saturated rings. The van der Waals surface area contributed by atoms with E-state index >= 15 is 4.79 Å². The van der Waals surface area contributed by atoms with Gasteiger partial charge in [0.25, 0.3) is 0 Å². The van der Waals surface area contributed by atoms with Crippen LogP contribution < -0.4 is 11.1 Å². The molecule has 1 aromatic heterocycles. The van der Waals surface area contributed by atoms with Crippen molar-refractivity contribution in [2.24, 2.45) is 50.2 Å². The normalized spacial score (nSPS) is 36.4. The number of allylic oxidation sites excluding steroid dienone is 2. The first-order chi connectivity index (χ1) is 29.7. The molecule has 0 bridgehead atoms. The molecule has 11 nitrogen and oxygen atoms in total. The van der Waals surface area contributed by atoms with Gasteiger partial charge >= 0.3 is 23.7 Å². The van der Waals surface area contributed by atoms with Crippen molar-refractivity contribution in [3.63, 3.8) is 0 Å². The summed E-state index contributed by atoms with van der Waals surface area (Å²) in [6.07, 6.45) is 8.02. The number of fused-ring (bicyclic) bond motifs is 7. The summed E-state index contributed by atoms with van der Waals surface area (Å²) in [5.41, 5.74) is -0.397. The van der Waals surface area contributed by atoms with Crippen LogP contribution in [0.1, 0.15) is 135 Å². The number of methoxy groups -OCH3 is 1. The van der Waals surface area contributed by atoms with E-state index in [0.29, 0.717) is 38.5 Å². The highest BCUT2D eigenvalue weighted by molar-refractivity contribution is 5.96. The SMILES string of the molecule is COC(=O)[C@H](C)N[C@H]1CC[C@@]2(C)[C@@H](CC[C@]3(C)[C@@H]2C(=O)C=C2[C@@H]4C[C@@](C)(C(=O)OC(c5ccccc5)c5ccccc5)CC[C@]4(C)CC[C@]23C)[C@]1(C)C(=O)OCc1oc(=O)oc1C. The third kappa shape index (κ3) is 7.15. The van der Waals surface area contributed by atoms with Gasteiger partial charge in [-0.3, -0.25) is 19.2 Å². The zero-order valence-electron chi connectivity index (χ0n) is 38.5. The maximum Gasteiger partial charge on any atom is 0.519 e. The second kappa shape index (κ2) is 16.0. The number of nitrogens with one attached hydrogen (secondary N) is 1. The van der Waals surface area contributed by atoms with E-state index in [1.165, 1.54) is 12.7 Å². The molecule has 0 unspecified atom stereocenters. The average molecular weight is 864 g/mol. The van der Waals surface area contributed by atoms with Gasteiger partial charge < -0.3 is 28.4 Å². The topological polar surface area (TPSA) is 151 Å². The van der Waals surface area contributed by atoms with Gasteiger partial charge in [-0.1, -0.05) is 93.9 Å². The number of carbonyl (C=O) groups excluding carboxylic acids is 4. The Morgan fingerprint density at radius 1 is 0.810 bits per heavy atom. The van der Waals surface area contributed by atoms with E-state index in [1.807, 2.05) is 73.7 Å². The second-order valence-corrected chi connectivity index (χ2v) is 21.2. The van der Waals surface area contributed by atoms with Crippen LogP contribution in [0.3, 0.4) is 0 Å². The molecule has 3 aromatic rings. The fourth-order valence-electron chi connectivity index (χ4n) is 13.8. The summed E-state index contributed by atoms with van der Waals surface area (Å²) in [7, 11) is 1.34. The van der Waals surface area contributed by atoms with E-state index in [0.717, 1.165) is 30.4 Å². The molecule has 0 spiro atoms. The Morgan fingerprint density at radius 2 is 1.44 bits per heavy atom. The molecule has 1 heterocycles. The van der Waals surface area contributed by atoms with Gasteiger partial charge in [0.15, 0.2) is 30.0 Å². The Labute approximate surface area is 371 Å². The number of aryl methyl sites for hydroxylation is 1. The third-order valence-corrected chi connectivity index (χ3v) is 17.8. The zero-order chi connectivity index (χ0) is 45.3. The largest absolute Gasteiger partial charge is 0.519 e. The Bertz CT molecular complexity index is 2310. The summed E-state index contributed by atoms with van der Waals surface area (Å²) < 4.78 is 27.9. The standard InChI is InChI=1S/C52H65NO10/c1-31(43(55)59-9)53-40-21-22-49(5)39(52(40,8)45(57)60-30-38-32(2)61-46(58)62-38)20-23-51(7)42(49)37(54)28-35-36-29-48(4,25-24-47(36,3)26-27-50(35,51)6)44(56)63-41(33-16-12-10-13-17-33)34-18-14-11-15-19-34/h10-19,28,31,36,39-42,53H,20-27,29-30H2,1-9H3/t31-,36-,39+,40-,42+,47+,48-,49-,50+,51+,52-/m0/s1. The van der Waals surface area contributed by atoms with Crippen molar-refractivity contribution >= 4 is 23.7 Å². The van der Waals surface area contributed by atoms with E-state index < -0.39 is 57.6 Å². The molecule has 4 saturated carbocycles. The van der Waals surface area contributed by atoms with Crippen molar-refractivity contribution in [2.45, 2.75) is 138 Å². The quantitative estimate of drug-likeness (QED) is 0.153. The van der Waals surface area contributed by atoms with Gasteiger partial charge in [-0.05, 0) is 136 Å². The lowest BCUT2D eigenvalue weighted by Crippen LogP contribution is -2.70. The molecule has 11 atom stereocenters. The Kier molecular flexibility index (Phi) is 11.4. The fraction of sp³-hybridized carbons (Fsp3) is 0.596. The number of benzene rings is 2. The van der Waals surface area contributed by atoms with Gasteiger partial charge in [-0.15, -0.1) is 0 Å². The van der Waals surface area contributed by atoms with E-state index in [2.05, 4.69) is 39.9 Å². The van der Waals surface area contributed by atoms with Crippen LogP contribution in [0.4, 0.5) is 0 Å². The molecular formula is C52H65NO10. The molecule has 8 rings (SSSR count).